The molecule has 0 saturated heterocycles. The summed E-state index contributed by atoms with van der Waals surface area (Å²) in [4.78, 5) is 17.6. The van der Waals surface area contributed by atoms with Gasteiger partial charge in [0, 0.05) is 17.3 Å². The van der Waals surface area contributed by atoms with Crippen molar-refractivity contribution in [1.82, 2.24) is 9.97 Å². The fraction of sp³-hybridized carbons (Fsp3) is 0. The van der Waals surface area contributed by atoms with Crippen LogP contribution in [-0.4, -0.2) is 15.9 Å². The molecule has 3 heterocycles. The van der Waals surface area contributed by atoms with E-state index < -0.39 is 5.97 Å². The van der Waals surface area contributed by atoms with E-state index in [4.69, 9.17) is 10.2 Å². The molecule has 0 amide bonds. The van der Waals surface area contributed by atoms with Gasteiger partial charge in [-0.05, 0) is 24.3 Å². The summed E-state index contributed by atoms with van der Waals surface area (Å²) in [6.45, 7) is 0. The Labute approximate surface area is 153 Å². The maximum absolute atomic E-state index is 10.9. The van der Waals surface area contributed by atoms with Crippen molar-refractivity contribution in [2.45, 2.75) is 0 Å². The van der Waals surface area contributed by atoms with E-state index >= 15 is 0 Å². The molecule has 3 aromatic heterocycles. The zero-order chi connectivity index (χ0) is 15.7. The van der Waals surface area contributed by atoms with Crippen LogP contribution in [0, 0.1) is 11.3 Å². The molecule has 0 aliphatic rings. The van der Waals surface area contributed by atoms with Crippen LogP contribution in [0.5, 0.6) is 0 Å². The van der Waals surface area contributed by atoms with Crippen LogP contribution in [0.4, 0.5) is 5.82 Å². The summed E-state index contributed by atoms with van der Waals surface area (Å²) in [5.74, 6) is -0.797. The maximum atomic E-state index is 10.9. The van der Waals surface area contributed by atoms with Crippen molar-refractivity contribution in [2.75, 3.05) is 5.73 Å². The molecule has 3 N–H and O–H groups in total. The van der Waals surface area contributed by atoms with E-state index in [9.17, 15) is 15.2 Å². The van der Waals surface area contributed by atoms with Crippen molar-refractivity contribution in [2.24, 2.45) is 0 Å². The minimum absolute atomic E-state index is 0. The summed E-state index contributed by atoms with van der Waals surface area (Å²) < 4.78 is 5.27. The number of nitrogens with one attached hydrogen (secondary N) is 1. The van der Waals surface area contributed by atoms with Gasteiger partial charge in [-0.3, -0.25) is 0 Å². The zero-order valence-corrected chi connectivity index (χ0v) is 14.2. The first-order valence-electron chi connectivity index (χ1n) is 6.24. The van der Waals surface area contributed by atoms with Crippen LogP contribution in [0.25, 0.3) is 22.6 Å². The smallest absolute Gasteiger partial charge is 0.543 e. The van der Waals surface area contributed by atoms with E-state index in [-0.39, 0.29) is 46.6 Å². The number of H-pyrrole nitrogens is 1. The van der Waals surface area contributed by atoms with E-state index in [1.807, 2.05) is 6.07 Å². The van der Waals surface area contributed by atoms with Gasteiger partial charge in [-0.2, -0.15) is 5.26 Å². The second-order valence-corrected chi connectivity index (χ2v) is 4.49. The Morgan fingerprint density at radius 2 is 2.22 bits per heavy atom. The molecule has 0 atom stereocenters. The molecule has 8 heteroatoms. The van der Waals surface area contributed by atoms with Gasteiger partial charge in [0.05, 0.1) is 17.9 Å². The van der Waals surface area contributed by atoms with Crippen molar-refractivity contribution < 1.29 is 43.9 Å². The molecule has 0 aliphatic heterocycles. The second kappa shape index (κ2) is 6.71. The molecule has 0 radical (unpaired) electrons. The van der Waals surface area contributed by atoms with Gasteiger partial charge in [0.2, 0.25) is 0 Å². The summed E-state index contributed by atoms with van der Waals surface area (Å²) in [5, 5.41) is 20.1. The van der Waals surface area contributed by atoms with Crippen LogP contribution in [0.1, 0.15) is 16.1 Å². The Morgan fingerprint density at radius 3 is 2.78 bits per heavy atom. The Balaban J connectivity index is 0.00000192. The molecule has 3 rings (SSSR count). The number of nitriles is 1. The topological polar surface area (TPSA) is 132 Å². The molecule has 0 bridgehead atoms. The number of carbonyl (C=O) groups excluding carboxylic acids is 1. The maximum Gasteiger partial charge on any atom is 1.00 e. The molecule has 108 valence electrons. The van der Waals surface area contributed by atoms with E-state index in [0.717, 1.165) is 0 Å². The summed E-state index contributed by atoms with van der Waals surface area (Å²) in [6, 6.07) is 8.38. The first-order valence-corrected chi connectivity index (χ1v) is 6.24. The number of carboxylic acids is 1. The number of anilines is 1. The minimum atomic E-state index is -1.34. The average Bonchev–Trinajstić information content (AvgIpc) is 3.18. The summed E-state index contributed by atoms with van der Waals surface area (Å²) in [7, 11) is 0. The van der Waals surface area contributed by atoms with Crippen LogP contribution in [-0.2, 0) is 0 Å². The minimum Gasteiger partial charge on any atom is -0.543 e. The van der Waals surface area contributed by atoms with Crippen LogP contribution >= 0.6 is 0 Å². The first kappa shape index (κ1) is 16.8. The molecule has 0 fully saturated rings. The Bertz CT molecular complexity index is 894. The van der Waals surface area contributed by atoms with Gasteiger partial charge in [-0.15, -0.1) is 0 Å². The third-order valence-electron chi connectivity index (χ3n) is 3.15. The van der Waals surface area contributed by atoms with E-state index in [1.54, 1.807) is 18.2 Å². The van der Waals surface area contributed by atoms with Gasteiger partial charge in [0.1, 0.15) is 23.1 Å². The number of hydrogen-bond acceptors (Lipinski definition) is 6. The zero-order valence-electron chi connectivity index (χ0n) is 12.2. The number of nitrogen functional groups attached to an aromatic ring is 1. The molecule has 0 spiro atoms. The number of aromatic nitrogens is 2. The Kier molecular flexibility index (Phi) is 4.91. The van der Waals surface area contributed by atoms with Gasteiger partial charge in [0.15, 0.2) is 5.76 Å². The molecular weight excluding hydrogens is 307 g/mol. The summed E-state index contributed by atoms with van der Waals surface area (Å²) in [5.41, 5.74) is 7.32. The number of aromatic carboxylic acids is 1. The molecule has 0 aliphatic carbocycles. The van der Waals surface area contributed by atoms with Crippen molar-refractivity contribution in [3.63, 3.8) is 0 Å². The number of nitrogens with two attached hydrogens (primary N) is 1. The molecule has 3 aromatic rings. The normalized spacial score (nSPS) is 9.87. The first-order chi connectivity index (χ1) is 10.6. The van der Waals surface area contributed by atoms with E-state index in [1.165, 1.54) is 18.5 Å². The average molecular weight is 316 g/mol. The van der Waals surface area contributed by atoms with Crippen LogP contribution in [0.15, 0.2) is 41.1 Å². The number of pyridine rings is 1. The molecule has 7 nitrogen and oxygen atoms in total. The molecule has 23 heavy (non-hydrogen) atoms. The second-order valence-electron chi connectivity index (χ2n) is 4.49. The number of carbonyl (C=O) groups is 1. The van der Waals surface area contributed by atoms with Crippen molar-refractivity contribution >= 4 is 11.8 Å². The van der Waals surface area contributed by atoms with Gasteiger partial charge in [0.25, 0.3) is 0 Å². The monoisotopic (exact) mass is 316 g/mol. The van der Waals surface area contributed by atoms with Crippen LogP contribution in [0.3, 0.4) is 0 Å². The fourth-order valence-corrected chi connectivity index (χ4v) is 2.13. The number of nitrogens with zero attached hydrogens (tertiary/aromatic N) is 2. The Hall–Kier alpha value is -2.53. The van der Waals surface area contributed by atoms with Gasteiger partial charge in [-0.25, -0.2) is 4.98 Å². The van der Waals surface area contributed by atoms with Crippen molar-refractivity contribution in [3.8, 4) is 28.7 Å². The van der Waals surface area contributed by atoms with Crippen molar-refractivity contribution in [3.05, 3.63) is 48.0 Å². The molecule has 0 unspecified atom stereocenters. The summed E-state index contributed by atoms with van der Waals surface area (Å²) in [6.07, 6.45) is 2.96. The van der Waals surface area contributed by atoms with Crippen LogP contribution < -0.4 is 40.4 Å². The predicted octanol–water partition coefficient (Wildman–Crippen LogP) is -1.84. The number of aromatic amines is 1. The molecular formula is C15H9N4NaO3. The summed E-state index contributed by atoms with van der Waals surface area (Å²) >= 11 is 0. The number of furan rings is 1. The van der Waals surface area contributed by atoms with Gasteiger partial charge >= 0.3 is 29.6 Å². The largest absolute Gasteiger partial charge is 1.00 e. The number of carboxylic acid groups (broad SMARTS) is 1. The van der Waals surface area contributed by atoms with Gasteiger partial charge < -0.3 is 25.0 Å². The number of hydrogen-bond donors (Lipinski definition) is 2. The standard InChI is InChI=1S/C15H10N4O3.Na/c16-6-10-9(8-4-12(15(20)21)18-7-8)5-11(19-14(10)17)13-2-1-3-22-13;/h1-5,7,18H,(H2,17,19)(H,20,21);/q;+1/p-1. The van der Waals surface area contributed by atoms with E-state index in [0.29, 0.717) is 22.6 Å². The number of rotatable bonds is 3. The Morgan fingerprint density at radius 1 is 1.43 bits per heavy atom. The molecule has 0 saturated carbocycles. The SMILES string of the molecule is N#Cc1c(-c2c[nH]c(C(=O)[O-])c2)cc(-c2ccco2)nc1N.[Na+]. The quantitative estimate of drug-likeness (QED) is 0.546. The fourth-order valence-electron chi connectivity index (χ4n) is 2.13. The third-order valence-corrected chi connectivity index (χ3v) is 3.15. The van der Waals surface area contributed by atoms with Crippen LogP contribution in [0.2, 0.25) is 0 Å². The van der Waals surface area contributed by atoms with Crippen molar-refractivity contribution in [1.29, 1.82) is 5.26 Å². The predicted molar refractivity (Wildman–Crippen MR) is 75.2 cm³/mol. The van der Waals surface area contributed by atoms with Gasteiger partial charge in [-0.1, -0.05) is 0 Å². The third kappa shape index (κ3) is 3.14. The molecule has 0 aromatic carbocycles. The van der Waals surface area contributed by atoms with E-state index in [2.05, 4.69) is 9.97 Å².